The lowest BCUT2D eigenvalue weighted by Gasteiger charge is -2.13. The Balaban J connectivity index is 1.58. The number of halogens is 2. The molecule has 0 unspecified atom stereocenters. The van der Waals surface area contributed by atoms with Gasteiger partial charge in [-0.25, -0.2) is 14.5 Å². The fourth-order valence-electron chi connectivity index (χ4n) is 3.36. The summed E-state index contributed by atoms with van der Waals surface area (Å²) in [6, 6.07) is 22.2. The molecule has 3 aromatic carbocycles. The minimum absolute atomic E-state index is 0.152. The summed E-state index contributed by atoms with van der Waals surface area (Å²) in [5.41, 5.74) is 3.08. The lowest BCUT2D eigenvalue weighted by atomic mass is 10.2. The fourth-order valence-corrected chi connectivity index (χ4v) is 4.47. The van der Waals surface area contributed by atoms with Crippen molar-refractivity contribution in [2.45, 2.75) is 6.54 Å². The summed E-state index contributed by atoms with van der Waals surface area (Å²) in [6.45, 7) is 0.345. The van der Waals surface area contributed by atoms with E-state index in [0.717, 1.165) is 16.9 Å². The van der Waals surface area contributed by atoms with E-state index in [1.807, 2.05) is 72.1 Å². The van der Waals surface area contributed by atoms with Crippen LogP contribution < -0.4 is 10.9 Å². The Morgan fingerprint density at radius 1 is 0.875 bits per heavy atom. The van der Waals surface area contributed by atoms with E-state index >= 15 is 0 Å². The number of hydrogen-bond donors (Lipinski definition) is 1. The molecule has 0 aliphatic rings. The predicted octanol–water partition coefficient (Wildman–Crippen LogP) is 6.43. The molecule has 1 N–H and O–H groups in total. The van der Waals surface area contributed by atoms with Gasteiger partial charge >= 0.3 is 0 Å². The number of aromatic nitrogens is 3. The number of nitrogens with one attached hydrogen (secondary N) is 1. The van der Waals surface area contributed by atoms with Gasteiger partial charge in [-0.15, -0.1) is 11.3 Å². The summed E-state index contributed by atoms with van der Waals surface area (Å²) < 4.78 is 1.58. The second-order valence-corrected chi connectivity index (χ2v) is 8.78. The number of fused-ring (bicyclic) bond motifs is 1. The zero-order valence-electron chi connectivity index (χ0n) is 16.6. The Hall–Kier alpha value is -3.19. The maximum Gasteiger partial charge on any atom is 0.267 e. The molecular formula is C24H16Cl2N4OS. The van der Waals surface area contributed by atoms with Gasteiger partial charge in [0.05, 0.1) is 23.1 Å². The molecule has 8 heteroatoms. The SMILES string of the molecule is O=c1c2ccccc2nc(CNc2ccc(Cl)cc2)n1-c1nc(-c2ccc(Cl)cc2)cs1. The van der Waals surface area contributed by atoms with Gasteiger partial charge in [0.25, 0.3) is 5.56 Å². The van der Waals surface area contributed by atoms with Crippen molar-refractivity contribution < 1.29 is 0 Å². The summed E-state index contributed by atoms with van der Waals surface area (Å²) in [4.78, 5) is 22.9. The molecule has 5 rings (SSSR count). The van der Waals surface area contributed by atoms with Gasteiger partial charge in [0.1, 0.15) is 5.82 Å². The summed E-state index contributed by atoms with van der Waals surface area (Å²) in [5, 5.41) is 7.67. The Morgan fingerprint density at radius 2 is 1.56 bits per heavy atom. The lowest BCUT2D eigenvalue weighted by molar-refractivity contribution is 0.833. The minimum atomic E-state index is -0.152. The summed E-state index contributed by atoms with van der Waals surface area (Å²) in [7, 11) is 0. The third-order valence-electron chi connectivity index (χ3n) is 4.96. The molecule has 5 nitrogen and oxygen atoms in total. The van der Waals surface area contributed by atoms with E-state index in [4.69, 9.17) is 33.2 Å². The molecule has 0 fully saturated rings. The van der Waals surface area contributed by atoms with Crippen LogP contribution in [-0.2, 0) is 6.54 Å². The Kier molecular flexibility index (Phi) is 5.66. The Labute approximate surface area is 197 Å². The van der Waals surface area contributed by atoms with E-state index in [-0.39, 0.29) is 5.56 Å². The number of nitrogens with zero attached hydrogens (tertiary/aromatic N) is 3. The van der Waals surface area contributed by atoms with E-state index in [0.29, 0.717) is 38.4 Å². The number of benzene rings is 3. The van der Waals surface area contributed by atoms with Crippen LogP contribution in [0.4, 0.5) is 5.69 Å². The molecule has 0 bridgehead atoms. The van der Waals surface area contributed by atoms with Crippen LogP contribution in [0, 0.1) is 0 Å². The number of thiazole rings is 1. The highest BCUT2D eigenvalue weighted by atomic mass is 35.5. The van der Waals surface area contributed by atoms with Gasteiger partial charge in [-0.1, -0.05) is 47.5 Å². The highest BCUT2D eigenvalue weighted by Gasteiger charge is 2.16. The quantitative estimate of drug-likeness (QED) is 0.316. The number of para-hydroxylation sites is 1. The van der Waals surface area contributed by atoms with Crippen molar-refractivity contribution in [2.24, 2.45) is 0 Å². The molecule has 5 aromatic rings. The van der Waals surface area contributed by atoms with Crippen molar-refractivity contribution in [3.63, 3.8) is 0 Å². The molecular weight excluding hydrogens is 463 g/mol. The molecule has 0 amide bonds. The number of hydrogen-bond acceptors (Lipinski definition) is 5. The first-order chi connectivity index (χ1) is 15.6. The molecule has 0 saturated carbocycles. The molecule has 0 aliphatic carbocycles. The molecule has 2 aromatic heterocycles. The van der Waals surface area contributed by atoms with Crippen LogP contribution in [0.5, 0.6) is 0 Å². The standard InChI is InChI=1S/C24H16Cl2N4OS/c25-16-7-5-15(6-8-16)21-14-32-24(29-21)30-22(13-27-18-11-9-17(26)10-12-18)28-20-4-2-1-3-19(20)23(30)31/h1-12,14,27H,13H2. The zero-order valence-corrected chi connectivity index (χ0v) is 19.0. The third-order valence-corrected chi connectivity index (χ3v) is 6.29. The first kappa shape index (κ1) is 20.7. The van der Waals surface area contributed by atoms with Gasteiger partial charge in [-0.2, -0.15) is 0 Å². The average Bonchev–Trinajstić information content (AvgIpc) is 3.29. The maximum absolute atomic E-state index is 13.4. The summed E-state index contributed by atoms with van der Waals surface area (Å²) in [6.07, 6.45) is 0. The van der Waals surface area contributed by atoms with Crippen LogP contribution in [0.2, 0.25) is 10.0 Å². The summed E-state index contributed by atoms with van der Waals surface area (Å²) in [5.74, 6) is 0.570. The highest BCUT2D eigenvalue weighted by Crippen LogP contribution is 2.26. The molecule has 0 spiro atoms. The van der Waals surface area contributed by atoms with Crippen molar-refractivity contribution in [1.29, 1.82) is 0 Å². The fraction of sp³-hybridized carbons (Fsp3) is 0.0417. The van der Waals surface area contributed by atoms with Gasteiger partial charge in [-0.3, -0.25) is 4.79 Å². The Morgan fingerprint density at radius 3 is 2.31 bits per heavy atom. The molecule has 2 heterocycles. The third kappa shape index (κ3) is 4.12. The van der Waals surface area contributed by atoms with Crippen LogP contribution in [0.15, 0.2) is 83.0 Å². The average molecular weight is 479 g/mol. The van der Waals surface area contributed by atoms with Crippen molar-refractivity contribution in [1.82, 2.24) is 14.5 Å². The maximum atomic E-state index is 13.4. The van der Waals surface area contributed by atoms with Crippen LogP contribution in [0.1, 0.15) is 5.82 Å². The van der Waals surface area contributed by atoms with Crippen molar-refractivity contribution in [3.8, 4) is 16.4 Å². The van der Waals surface area contributed by atoms with E-state index in [1.165, 1.54) is 11.3 Å². The van der Waals surface area contributed by atoms with E-state index in [2.05, 4.69) is 5.32 Å². The van der Waals surface area contributed by atoms with Gasteiger partial charge in [0, 0.05) is 26.7 Å². The second-order valence-electron chi connectivity index (χ2n) is 7.07. The molecule has 0 aliphatic heterocycles. The highest BCUT2D eigenvalue weighted by molar-refractivity contribution is 7.12. The lowest BCUT2D eigenvalue weighted by Crippen LogP contribution is -2.25. The Bertz CT molecular complexity index is 1460. The molecule has 32 heavy (non-hydrogen) atoms. The van der Waals surface area contributed by atoms with E-state index in [9.17, 15) is 4.79 Å². The van der Waals surface area contributed by atoms with Crippen molar-refractivity contribution in [3.05, 3.63) is 104 Å². The number of anilines is 1. The topological polar surface area (TPSA) is 59.8 Å². The predicted molar refractivity (Wildman–Crippen MR) is 132 cm³/mol. The molecule has 0 saturated heterocycles. The second kappa shape index (κ2) is 8.74. The monoisotopic (exact) mass is 478 g/mol. The number of rotatable bonds is 5. The zero-order chi connectivity index (χ0) is 22.1. The van der Waals surface area contributed by atoms with Gasteiger partial charge in [-0.05, 0) is 48.5 Å². The normalized spacial score (nSPS) is 11.1. The van der Waals surface area contributed by atoms with Crippen molar-refractivity contribution in [2.75, 3.05) is 5.32 Å². The van der Waals surface area contributed by atoms with Crippen molar-refractivity contribution >= 4 is 51.1 Å². The minimum Gasteiger partial charge on any atom is -0.378 e. The smallest absolute Gasteiger partial charge is 0.267 e. The van der Waals surface area contributed by atoms with Gasteiger partial charge in [0.2, 0.25) is 0 Å². The first-order valence-electron chi connectivity index (χ1n) is 9.80. The van der Waals surface area contributed by atoms with Crippen LogP contribution >= 0.6 is 34.5 Å². The molecule has 0 radical (unpaired) electrons. The largest absolute Gasteiger partial charge is 0.378 e. The molecule has 158 valence electrons. The van der Waals surface area contributed by atoms with Crippen LogP contribution in [-0.4, -0.2) is 14.5 Å². The van der Waals surface area contributed by atoms with Gasteiger partial charge < -0.3 is 5.32 Å². The van der Waals surface area contributed by atoms with Gasteiger partial charge in [0.15, 0.2) is 5.13 Å². The molecule has 0 atom stereocenters. The van der Waals surface area contributed by atoms with Crippen LogP contribution in [0.25, 0.3) is 27.3 Å². The van der Waals surface area contributed by atoms with E-state index < -0.39 is 0 Å². The van der Waals surface area contributed by atoms with E-state index in [1.54, 1.807) is 10.6 Å². The summed E-state index contributed by atoms with van der Waals surface area (Å²) >= 11 is 13.4. The first-order valence-corrected chi connectivity index (χ1v) is 11.4. The van der Waals surface area contributed by atoms with Crippen LogP contribution in [0.3, 0.4) is 0 Å².